The molecule has 1 aliphatic heterocycles. The first-order valence-corrected chi connectivity index (χ1v) is 7.89. The molecule has 1 aromatic carbocycles. The summed E-state index contributed by atoms with van der Waals surface area (Å²) in [6.07, 6.45) is 1.27. The standard InChI is InChI=1S/C17H20F2N4O/c1-12-11-23(9-8-17(12,18)19)16(24)21-14-10-20-22(2)15(14)13-6-4-3-5-7-13/h3-7,10,12H,8-9,11H2,1-2H3,(H,21,24). The minimum atomic E-state index is -2.71. The van der Waals surface area contributed by atoms with Gasteiger partial charge in [-0.1, -0.05) is 37.3 Å². The third-order valence-corrected chi connectivity index (χ3v) is 4.45. The lowest BCUT2D eigenvalue weighted by atomic mass is 9.96. The van der Waals surface area contributed by atoms with Crippen molar-refractivity contribution in [2.24, 2.45) is 13.0 Å². The first kappa shape index (κ1) is 16.4. The van der Waals surface area contributed by atoms with Crippen LogP contribution in [0.25, 0.3) is 11.3 Å². The highest BCUT2D eigenvalue weighted by Crippen LogP contribution is 2.33. The van der Waals surface area contributed by atoms with Crippen molar-refractivity contribution in [2.45, 2.75) is 19.3 Å². The number of halogens is 2. The monoisotopic (exact) mass is 334 g/mol. The average Bonchev–Trinajstić information content (AvgIpc) is 2.91. The minimum Gasteiger partial charge on any atom is -0.324 e. The van der Waals surface area contributed by atoms with Gasteiger partial charge in [-0.25, -0.2) is 13.6 Å². The number of hydrogen-bond donors (Lipinski definition) is 1. The number of urea groups is 1. The Morgan fingerprint density at radius 2 is 2.04 bits per heavy atom. The second-order valence-electron chi connectivity index (χ2n) is 6.18. The second kappa shape index (κ2) is 6.22. The van der Waals surface area contributed by atoms with Crippen molar-refractivity contribution >= 4 is 11.7 Å². The summed E-state index contributed by atoms with van der Waals surface area (Å²) in [5.74, 6) is -3.56. The van der Waals surface area contributed by atoms with E-state index in [1.54, 1.807) is 17.9 Å². The summed E-state index contributed by atoms with van der Waals surface area (Å²) in [5.41, 5.74) is 2.27. The van der Waals surface area contributed by atoms with Crippen LogP contribution in [0.2, 0.25) is 0 Å². The fourth-order valence-electron chi connectivity index (χ4n) is 2.93. The molecule has 0 aliphatic carbocycles. The van der Waals surface area contributed by atoms with E-state index in [-0.39, 0.29) is 25.5 Å². The number of likely N-dealkylation sites (tertiary alicyclic amines) is 1. The highest BCUT2D eigenvalue weighted by atomic mass is 19.3. The molecule has 5 nitrogen and oxygen atoms in total. The summed E-state index contributed by atoms with van der Waals surface area (Å²) in [5, 5.41) is 7.00. The quantitative estimate of drug-likeness (QED) is 0.912. The largest absolute Gasteiger partial charge is 0.324 e. The van der Waals surface area contributed by atoms with Gasteiger partial charge in [-0.05, 0) is 0 Å². The first-order valence-electron chi connectivity index (χ1n) is 7.89. The van der Waals surface area contributed by atoms with Gasteiger partial charge in [0.15, 0.2) is 0 Å². The van der Waals surface area contributed by atoms with Crippen molar-refractivity contribution in [1.82, 2.24) is 14.7 Å². The number of hydrogen-bond acceptors (Lipinski definition) is 2. The van der Waals surface area contributed by atoms with Crippen LogP contribution < -0.4 is 5.32 Å². The maximum Gasteiger partial charge on any atom is 0.321 e. The molecule has 7 heteroatoms. The Bertz CT molecular complexity index is 729. The molecule has 1 aromatic heterocycles. The number of alkyl halides is 2. The number of carbonyl (C=O) groups is 1. The predicted molar refractivity (Wildman–Crippen MR) is 88.0 cm³/mol. The number of aryl methyl sites for hydroxylation is 1. The number of anilines is 1. The lowest BCUT2D eigenvalue weighted by Crippen LogP contribution is -2.49. The summed E-state index contributed by atoms with van der Waals surface area (Å²) in [4.78, 5) is 13.9. The number of piperidine rings is 1. The van der Waals surface area contributed by atoms with Crippen LogP contribution in [0.15, 0.2) is 36.5 Å². The Hall–Kier alpha value is -2.44. The van der Waals surface area contributed by atoms with Crippen LogP contribution in [0, 0.1) is 5.92 Å². The van der Waals surface area contributed by atoms with Crippen LogP contribution in [-0.4, -0.2) is 39.7 Å². The number of rotatable bonds is 2. The van der Waals surface area contributed by atoms with Crippen molar-refractivity contribution in [3.8, 4) is 11.3 Å². The molecular weight excluding hydrogens is 314 g/mol. The van der Waals surface area contributed by atoms with Crippen molar-refractivity contribution in [3.63, 3.8) is 0 Å². The molecule has 3 rings (SSSR count). The molecule has 1 saturated heterocycles. The van der Waals surface area contributed by atoms with E-state index in [4.69, 9.17) is 0 Å². The van der Waals surface area contributed by atoms with Crippen LogP contribution in [0.3, 0.4) is 0 Å². The zero-order valence-electron chi connectivity index (χ0n) is 13.7. The molecule has 2 aromatic rings. The van der Waals surface area contributed by atoms with E-state index in [9.17, 15) is 13.6 Å². The van der Waals surface area contributed by atoms with Crippen LogP contribution in [-0.2, 0) is 7.05 Å². The summed E-state index contributed by atoms with van der Waals surface area (Å²) in [6, 6.07) is 9.20. The van der Waals surface area contributed by atoms with Crippen molar-refractivity contribution in [3.05, 3.63) is 36.5 Å². The molecule has 2 heterocycles. The van der Waals surface area contributed by atoms with Gasteiger partial charge in [-0.2, -0.15) is 5.10 Å². The van der Waals surface area contributed by atoms with Crippen LogP contribution in [0.5, 0.6) is 0 Å². The van der Waals surface area contributed by atoms with E-state index in [0.717, 1.165) is 11.3 Å². The molecule has 1 aliphatic rings. The second-order valence-corrected chi connectivity index (χ2v) is 6.18. The average molecular weight is 334 g/mol. The van der Waals surface area contributed by atoms with Gasteiger partial charge in [-0.3, -0.25) is 4.68 Å². The molecule has 0 bridgehead atoms. The highest BCUT2D eigenvalue weighted by molar-refractivity contribution is 5.93. The van der Waals surface area contributed by atoms with E-state index < -0.39 is 11.8 Å². The van der Waals surface area contributed by atoms with Crippen LogP contribution in [0.4, 0.5) is 19.3 Å². The number of carbonyl (C=O) groups excluding carboxylic acids is 1. The summed E-state index contributed by atoms with van der Waals surface area (Å²) < 4.78 is 28.8. The molecule has 2 amide bonds. The minimum absolute atomic E-state index is 0.0414. The van der Waals surface area contributed by atoms with E-state index in [1.807, 2.05) is 30.3 Å². The van der Waals surface area contributed by atoms with Crippen molar-refractivity contribution in [1.29, 1.82) is 0 Å². The van der Waals surface area contributed by atoms with E-state index >= 15 is 0 Å². The summed E-state index contributed by atoms with van der Waals surface area (Å²) in [7, 11) is 1.79. The lowest BCUT2D eigenvalue weighted by molar-refractivity contribution is -0.0899. The Kier molecular flexibility index (Phi) is 4.26. The maximum absolute atomic E-state index is 13.6. The first-order chi connectivity index (χ1) is 11.4. The molecule has 0 saturated carbocycles. The SMILES string of the molecule is CC1CN(C(=O)Nc2cnn(C)c2-c2ccccc2)CCC1(F)F. The molecule has 24 heavy (non-hydrogen) atoms. The fourth-order valence-corrected chi connectivity index (χ4v) is 2.93. The van der Waals surface area contributed by atoms with Gasteiger partial charge in [-0.15, -0.1) is 0 Å². The van der Waals surface area contributed by atoms with Gasteiger partial charge >= 0.3 is 6.03 Å². The topological polar surface area (TPSA) is 50.2 Å². The molecule has 1 N–H and O–H groups in total. The van der Waals surface area contributed by atoms with Gasteiger partial charge in [0, 0.05) is 38.0 Å². The number of aromatic nitrogens is 2. The van der Waals surface area contributed by atoms with E-state index in [2.05, 4.69) is 10.4 Å². The van der Waals surface area contributed by atoms with Gasteiger partial charge in [0.2, 0.25) is 0 Å². The molecule has 1 atom stereocenters. The third kappa shape index (κ3) is 3.11. The Morgan fingerprint density at radius 3 is 2.71 bits per heavy atom. The van der Waals surface area contributed by atoms with Crippen LogP contribution in [0.1, 0.15) is 13.3 Å². The Morgan fingerprint density at radius 1 is 1.33 bits per heavy atom. The Labute approximate surface area is 139 Å². The highest BCUT2D eigenvalue weighted by Gasteiger charge is 2.42. The molecule has 1 unspecified atom stereocenters. The predicted octanol–water partition coefficient (Wildman–Crippen LogP) is 3.60. The summed E-state index contributed by atoms with van der Waals surface area (Å²) >= 11 is 0. The van der Waals surface area contributed by atoms with Crippen LogP contribution >= 0.6 is 0 Å². The number of amides is 2. The third-order valence-electron chi connectivity index (χ3n) is 4.45. The zero-order valence-corrected chi connectivity index (χ0v) is 13.7. The smallest absolute Gasteiger partial charge is 0.321 e. The molecule has 1 fully saturated rings. The zero-order chi connectivity index (χ0) is 17.3. The van der Waals surface area contributed by atoms with Gasteiger partial charge in [0.05, 0.1) is 17.6 Å². The number of nitrogens with zero attached hydrogens (tertiary/aromatic N) is 3. The van der Waals surface area contributed by atoms with Gasteiger partial charge < -0.3 is 10.2 Å². The van der Waals surface area contributed by atoms with Gasteiger partial charge in [0.1, 0.15) is 0 Å². The molecule has 0 radical (unpaired) electrons. The van der Waals surface area contributed by atoms with Crippen molar-refractivity contribution in [2.75, 3.05) is 18.4 Å². The Balaban J connectivity index is 1.77. The van der Waals surface area contributed by atoms with Gasteiger partial charge in [0.25, 0.3) is 5.92 Å². The molecule has 128 valence electrons. The van der Waals surface area contributed by atoms with E-state index in [0.29, 0.717) is 5.69 Å². The summed E-state index contributed by atoms with van der Waals surface area (Å²) in [6.45, 7) is 1.56. The number of nitrogens with one attached hydrogen (secondary N) is 1. The van der Waals surface area contributed by atoms with Crippen molar-refractivity contribution < 1.29 is 13.6 Å². The van der Waals surface area contributed by atoms with E-state index in [1.165, 1.54) is 11.8 Å². The lowest BCUT2D eigenvalue weighted by Gasteiger charge is -2.36. The maximum atomic E-state index is 13.6. The number of benzene rings is 1. The fraction of sp³-hybridized carbons (Fsp3) is 0.412. The normalized spacial score (nSPS) is 20.0. The molecule has 0 spiro atoms. The molecular formula is C17H20F2N4O.